The maximum absolute atomic E-state index is 4.51. The zero-order valence-electron chi connectivity index (χ0n) is 16.5. The second kappa shape index (κ2) is 8.54. The molecule has 3 rings (SSSR count). The zero-order chi connectivity index (χ0) is 19.2. The summed E-state index contributed by atoms with van der Waals surface area (Å²) in [6.45, 7) is 10.3. The minimum atomic E-state index is 0.718. The number of rotatable bonds is 7. The third-order valence-corrected chi connectivity index (χ3v) is 4.40. The molecule has 0 saturated carbocycles. The molecule has 0 aliphatic carbocycles. The van der Waals surface area contributed by atoms with Gasteiger partial charge in [-0.3, -0.25) is 0 Å². The topological polar surface area (TPSA) is 53.1 Å². The second-order valence-electron chi connectivity index (χ2n) is 6.52. The van der Waals surface area contributed by atoms with Crippen molar-refractivity contribution in [2.24, 2.45) is 0 Å². The average Bonchev–Trinajstić information content (AvgIpc) is 2.63. The van der Waals surface area contributed by atoms with Crippen LogP contribution in [0.4, 0.5) is 28.7 Å². The Morgan fingerprint density at radius 1 is 0.778 bits per heavy atom. The van der Waals surface area contributed by atoms with Gasteiger partial charge in [-0.2, -0.15) is 0 Å². The highest BCUT2D eigenvalue weighted by atomic mass is 15.1. The van der Waals surface area contributed by atoms with Crippen LogP contribution in [0.15, 0.2) is 54.6 Å². The zero-order valence-corrected chi connectivity index (χ0v) is 16.5. The fourth-order valence-electron chi connectivity index (χ4n) is 3.06. The van der Waals surface area contributed by atoms with Crippen molar-refractivity contribution in [1.82, 2.24) is 9.97 Å². The van der Waals surface area contributed by atoms with E-state index < -0.39 is 0 Å². The van der Waals surface area contributed by atoms with E-state index in [2.05, 4.69) is 82.7 Å². The van der Waals surface area contributed by atoms with Crippen LogP contribution < -0.4 is 15.5 Å². The first-order chi connectivity index (χ1) is 13.1. The molecule has 1 aromatic heterocycles. The van der Waals surface area contributed by atoms with Crippen LogP contribution in [0, 0.1) is 13.8 Å². The van der Waals surface area contributed by atoms with Gasteiger partial charge in [0.2, 0.25) is 0 Å². The molecule has 0 unspecified atom stereocenters. The van der Waals surface area contributed by atoms with Crippen LogP contribution in [0.5, 0.6) is 0 Å². The number of aromatic nitrogens is 2. The quantitative estimate of drug-likeness (QED) is 0.588. The summed E-state index contributed by atoms with van der Waals surface area (Å²) in [6, 6.07) is 18.6. The molecule has 0 aliphatic rings. The van der Waals surface area contributed by atoms with Crippen LogP contribution in [-0.2, 0) is 0 Å². The van der Waals surface area contributed by atoms with E-state index in [0.29, 0.717) is 0 Å². The molecule has 0 saturated heterocycles. The first-order valence-electron chi connectivity index (χ1n) is 9.38. The largest absolute Gasteiger partial charge is 0.372 e. The Hall–Kier alpha value is -3.08. The summed E-state index contributed by atoms with van der Waals surface area (Å²) in [5.74, 6) is 2.26. The molecular formula is C22H27N5. The van der Waals surface area contributed by atoms with Crippen molar-refractivity contribution >= 4 is 28.7 Å². The Balaban J connectivity index is 1.76. The van der Waals surface area contributed by atoms with Gasteiger partial charge in [0.05, 0.1) is 0 Å². The molecule has 2 N–H and O–H groups in total. The number of anilines is 5. The monoisotopic (exact) mass is 361 g/mol. The predicted molar refractivity (Wildman–Crippen MR) is 115 cm³/mol. The van der Waals surface area contributed by atoms with Crippen molar-refractivity contribution in [1.29, 1.82) is 0 Å². The number of hydrogen-bond donors (Lipinski definition) is 2. The Bertz CT molecular complexity index is 885. The molecule has 2 aromatic carbocycles. The van der Waals surface area contributed by atoms with Crippen molar-refractivity contribution in [3.63, 3.8) is 0 Å². The smallest absolute Gasteiger partial charge is 0.136 e. The van der Waals surface area contributed by atoms with Gasteiger partial charge in [0, 0.05) is 36.2 Å². The van der Waals surface area contributed by atoms with Gasteiger partial charge in [0.15, 0.2) is 0 Å². The minimum absolute atomic E-state index is 0.718. The van der Waals surface area contributed by atoms with Gasteiger partial charge in [0.1, 0.15) is 17.5 Å². The van der Waals surface area contributed by atoms with E-state index in [0.717, 1.165) is 41.9 Å². The summed E-state index contributed by atoms with van der Waals surface area (Å²) in [5, 5.41) is 6.73. The molecule has 0 spiro atoms. The number of aryl methyl sites for hydroxylation is 2. The first kappa shape index (κ1) is 18.7. The lowest BCUT2D eigenvalue weighted by molar-refractivity contribution is 0.866. The van der Waals surface area contributed by atoms with E-state index in [1.165, 1.54) is 11.3 Å². The number of nitrogens with one attached hydrogen (secondary N) is 2. The highest BCUT2D eigenvalue weighted by Gasteiger charge is 2.05. The van der Waals surface area contributed by atoms with Crippen LogP contribution in [0.1, 0.15) is 25.2 Å². The van der Waals surface area contributed by atoms with Gasteiger partial charge < -0.3 is 15.5 Å². The summed E-state index contributed by atoms with van der Waals surface area (Å²) < 4.78 is 0. The van der Waals surface area contributed by atoms with Crippen molar-refractivity contribution in [2.75, 3.05) is 28.6 Å². The van der Waals surface area contributed by atoms with Gasteiger partial charge in [0.25, 0.3) is 0 Å². The molecule has 5 heteroatoms. The Morgan fingerprint density at radius 3 is 2.00 bits per heavy atom. The average molecular weight is 361 g/mol. The van der Waals surface area contributed by atoms with E-state index in [1.807, 2.05) is 25.1 Å². The van der Waals surface area contributed by atoms with Crippen LogP contribution in [0.25, 0.3) is 0 Å². The first-order valence-corrected chi connectivity index (χ1v) is 9.38. The third-order valence-electron chi connectivity index (χ3n) is 4.40. The molecule has 0 bridgehead atoms. The fraction of sp³-hybridized carbons (Fsp3) is 0.273. The molecule has 27 heavy (non-hydrogen) atoms. The lowest BCUT2D eigenvalue weighted by Crippen LogP contribution is -2.21. The standard InChI is InChI=1S/C22H27N5/c1-5-27(6-2)20-12-10-18(11-13-20)25-21-15-22(24-17(4)23-21)26-19-9-7-8-16(3)14-19/h7-15H,5-6H2,1-4H3,(H2,23,24,25,26). The second-order valence-corrected chi connectivity index (χ2v) is 6.52. The van der Waals surface area contributed by atoms with Crippen molar-refractivity contribution in [3.8, 4) is 0 Å². The van der Waals surface area contributed by atoms with E-state index in [9.17, 15) is 0 Å². The molecule has 0 atom stereocenters. The molecule has 140 valence electrons. The molecule has 3 aromatic rings. The number of benzene rings is 2. The molecule has 0 aliphatic heterocycles. The Labute approximate surface area is 161 Å². The third kappa shape index (κ3) is 4.97. The highest BCUT2D eigenvalue weighted by Crippen LogP contribution is 2.23. The van der Waals surface area contributed by atoms with Crippen molar-refractivity contribution < 1.29 is 0 Å². The minimum Gasteiger partial charge on any atom is -0.372 e. The van der Waals surface area contributed by atoms with E-state index in [1.54, 1.807) is 0 Å². The maximum atomic E-state index is 4.51. The van der Waals surface area contributed by atoms with E-state index in [4.69, 9.17) is 0 Å². The molecule has 5 nitrogen and oxygen atoms in total. The maximum Gasteiger partial charge on any atom is 0.136 e. The number of hydrogen-bond acceptors (Lipinski definition) is 5. The van der Waals surface area contributed by atoms with Crippen LogP contribution in [-0.4, -0.2) is 23.1 Å². The van der Waals surface area contributed by atoms with Crippen LogP contribution in [0.3, 0.4) is 0 Å². The van der Waals surface area contributed by atoms with E-state index in [-0.39, 0.29) is 0 Å². The summed E-state index contributed by atoms with van der Waals surface area (Å²) in [7, 11) is 0. The molecule has 1 heterocycles. The van der Waals surface area contributed by atoms with Crippen LogP contribution in [0.2, 0.25) is 0 Å². The van der Waals surface area contributed by atoms with Gasteiger partial charge in [-0.05, 0) is 69.7 Å². The summed E-state index contributed by atoms with van der Waals surface area (Å²) in [6.07, 6.45) is 0. The van der Waals surface area contributed by atoms with Crippen molar-refractivity contribution in [2.45, 2.75) is 27.7 Å². The summed E-state index contributed by atoms with van der Waals surface area (Å²) >= 11 is 0. The molecule has 0 fully saturated rings. The lowest BCUT2D eigenvalue weighted by atomic mass is 10.2. The molecule has 0 amide bonds. The van der Waals surface area contributed by atoms with Gasteiger partial charge in [-0.15, -0.1) is 0 Å². The predicted octanol–water partition coefficient (Wildman–Crippen LogP) is 5.43. The normalized spacial score (nSPS) is 10.5. The van der Waals surface area contributed by atoms with Crippen molar-refractivity contribution in [3.05, 3.63) is 66.0 Å². The van der Waals surface area contributed by atoms with E-state index >= 15 is 0 Å². The van der Waals surface area contributed by atoms with Gasteiger partial charge >= 0.3 is 0 Å². The Kier molecular flexibility index (Phi) is 5.91. The Morgan fingerprint density at radius 2 is 1.41 bits per heavy atom. The lowest BCUT2D eigenvalue weighted by Gasteiger charge is -2.21. The molecule has 0 radical (unpaired) electrons. The fourth-order valence-corrected chi connectivity index (χ4v) is 3.06. The number of nitrogens with zero attached hydrogens (tertiary/aromatic N) is 3. The highest BCUT2D eigenvalue weighted by molar-refractivity contribution is 5.65. The van der Waals surface area contributed by atoms with Gasteiger partial charge in [-0.25, -0.2) is 9.97 Å². The summed E-state index contributed by atoms with van der Waals surface area (Å²) in [4.78, 5) is 11.3. The van der Waals surface area contributed by atoms with Crippen LogP contribution >= 0.6 is 0 Å². The SMILES string of the molecule is CCN(CC)c1ccc(Nc2cc(Nc3cccc(C)c3)nc(C)n2)cc1. The molecular weight excluding hydrogens is 334 g/mol. The van der Waals surface area contributed by atoms with Gasteiger partial charge in [-0.1, -0.05) is 12.1 Å². The summed E-state index contributed by atoms with van der Waals surface area (Å²) in [5.41, 5.74) is 4.46.